The lowest BCUT2D eigenvalue weighted by Crippen LogP contribution is -2.66. The second-order valence-corrected chi connectivity index (χ2v) is 12.7. The fourth-order valence-electron chi connectivity index (χ4n) is 5.74. The average Bonchev–Trinajstić information content (AvgIpc) is 3.30. The molecule has 0 aromatic rings. The summed E-state index contributed by atoms with van der Waals surface area (Å²) in [6.07, 6.45) is 0.988. The lowest BCUT2D eigenvalue weighted by molar-refractivity contribution is -0.178. The highest BCUT2D eigenvalue weighted by molar-refractivity contribution is 6.00. The molecule has 2 aliphatic rings. The molecule has 6 atom stereocenters. The van der Waals surface area contributed by atoms with Crippen LogP contribution < -0.4 is 10.6 Å². The number of nitrogens with zero attached hydrogens (tertiary/aromatic N) is 3. The van der Waals surface area contributed by atoms with Gasteiger partial charge in [-0.1, -0.05) is 48.0 Å². The van der Waals surface area contributed by atoms with Crippen molar-refractivity contribution in [2.24, 2.45) is 23.7 Å². The highest BCUT2D eigenvalue weighted by Crippen LogP contribution is 2.36. The summed E-state index contributed by atoms with van der Waals surface area (Å²) in [5.74, 6) is -5.18. The number of Topliss-reactive ketones (excluding diaryl/α,β-unsaturated/α-hetero) is 1. The highest BCUT2D eigenvalue weighted by Gasteiger charge is 2.58. The number of rotatable bonds is 6. The smallest absolute Gasteiger partial charge is 0.274 e. The molecule has 2 heterocycles. The number of ketones is 1. The van der Waals surface area contributed by atoms with Crippen LogP contribution in [0.3, 0.4) is 0 Å². The van der Waals surface area contributed by atoms with Crippen molar-refractivity contribution in [1.29, 1.82) is 0 Å². The maximum atomic E-state index is 14.0. The van der Waals surface area contributed by atoms with Crippen LogP contribution in [0, 0.1) is 23.7 Å². The number of aliphatic hydroxyl groups is 1. The molecule has 238 valence electrons. The Morgan fingerprint density at radius 3 is 2.19 bits per heavy atom. The molecule has 0 bridgehead atoms. The van der Waals surface area contributed by atoms with Crippen LogP contribution in [0.5, 0.6) is 0 Å². The summed E-state index contributed by atoms with van der Waals surface area (Å²) >= 11 is 0. The van der Waals surface area contributed by atoms with Crippen LogP contribution >= 0.6 is 0 Å². The number of carbonyl (C=O) groups excluding carboxylic acids is 6. The van der Waals surface area contributed by atoms with Crippen LogP contribution in [0.15, 0.2) is 0 Å². The second kappa shape index (κ2) is 14.4. The van der Waals surface area contributed by atoms with Gasteiger partial charge in [-0.3, -0.25) is 28.8 Å². The molecule has 2 aliphatic heterocycles. The number of hydrogen-bond acceptors (Lipinski definition) is 7. The van der Waals surface area contributed by atoms with E-state index in [-0.39, 0.29) is 44.2 Å². The molecule has 3 N–H and O–H groups in total. The molecule has 1 unspecified atom stereocenters. The molecule has 0 aliphatic carbocycles. The maximum Gasteiger partial charge on any atom is 0.274 e. The van der Waals surface area contributed by atoms with Crippen LogP contribution in [0.2, 0.25) is 0 Å². The van der Waals surface area contributed by atoms with Crippen molar-refractivity contribution in [1.82, 2.24) is 25.3 Å². The van der Waals surface area contributed by atoms with Crippen molar-refractivity contribution in [2.45, 2.75) is 104 Å². The van der Waals surface area contributed by atoms with E-state index in [9.17, 15) is 33.9 Å². The minimum atomic E-state index is -2.50. The van der Waals surface area contributed by atoms with Crippen LogP contribution in [0.25, 0.3) is 0 Å². The lowest BCUT2D eigenvalue weighted by atomic mass is 9.88. The van der Waals surface area contributed by atoms with Gasteiger partial charge < -0.3 is 30.4 Å². The first-order valence-electron chi connectivity index (χ1n) is 15.2. The van der Waals surface area contributed by atoms with E-state index in [1.54, 1.807) is 27.7 Å². The summed E-state index contributed by atoms with van der Waals surface area (Å²) in [7, 11) is 2.97. The normalized spacial score (nSPS) is 29.6. The Hall–Kier alpha value is -3.02. The standard InChI is InChI=1S/C30H51N5O7/c1-10-19(6)24-27(39)34(9)25(18(4)5)28(40)33(8)20(7)26(38)31-15-13-22(36)21-14-16-35(23(37)12-11-17(2)3)30(21,42)29(41)32-24/h17-21,24-25,42H,10-16H2,1-9H3,(H,31,38)(H,32,41)/t19-,20-,21?,24-,25-,30+/m0/s1. The first kappa shape index (κ1) is 35.2. The maximum absolute atomic E-state index is 14.0. The molecule has 12 heteroatoms. The van der Waals surface area contributed by atoms with Gasteiger partial charge in [0.2, 0.25) is 29.4 Å². The minimum Gasteiger partial charge on any atom is -0.362 e. The average molecular weight is 594 g/mol. The molecular weight excluding hydrogens is 542 g/mol. The van der Waals surface area contributed by atoms with Crippen molar-refractivity contribution in [2.75, 3.05) is 27.2 Å². The zero-order chi connectivity index (χ0) is 32.1. The zero-order valence-electron chi connectivity index (χ0n) is 26.7. The van der Waals surface area contributed by atoms with Gasteiger partial charge in [0.1, 0.15) is 23.9 Å². The number of likely N-dealkylation sites (tertiary alicyclic amines) is 1. The van der Waals surface area contributed by atoms with Crippen molar-refractivity contribution >= 4 is 35.3 Å². The summed E-state index contributed by atoms with van der Waals surface area (Å²) in [6.45, 7) is 12.6. The Labute approximate surface area is 249 Å². The first-order chi connectivity index (χ1) is 19.5. The Morgan fingerprint density at radius 2 is 1.64 bits per heavy atom. The molecule has 0 radical (unpaired) electrons. The Bertz CT molecular complexity index is 1050. The van der Waals surface area contributed by atoms with E-state index >= 15 is 0 Å². The van der Waals surface area contributed by atoms with E-state index in [4.69, 9.17) is 0 Å². The number of hydrogen-bond donors (Lipinski definition) is 3. The molecule has 0 aromatic heterocycles. The molecule has 42 heavy (non-hydrogen) atoms. The predicted molar refractivity (Wildman–Crippen MR) is 156 cm³/mol. The van der Waals surface area contributed by atoms with Crippen LogP contribution in [0.4, 0.5) is 0 Å². The van der Waals surface area contributed by atoms with Gasteiger partial charge >= 0.3 is 0 Å². The zero-order valence-corrected chi connectivity index (χ0v) is 26.7. The molecule has 0 spiro atoms. The van der Waals surface area contributed by atoms with Gasteiger partial charge in [-0.2, -0.15) is 0 Å². The van der Waals surface area contributed by atoms with E-state index in [1.165, 1.54) is 23.9 Å². The summed E-state index contributed by atoms with van der Waals surface area (Å²) in [5, 5.41) is 17.3. The van der Waals surface area contributed by atoms with Crippen LogP contribution in [-0.2, 0) is 28.8 Å². The first-order valence-corrected chi connectivity index (χ1v) is 15.2. The third-order valence-electron chi connectivity index (χ3n) is 8.89. The van der Waals surface area contributed by atoms with E-state index in [0.717, 1.165) is 4.90 Å². The van der Waals surface area contributed by atoms with Gasteiger partial charge in [-0.05, 0) is 37.5 Å². The summed E-state index contributed by atoms with van der Waals surface area (Å²) in [4.78, 5) is 84.8. The molecule has 2 fully saturated rings. The van der Waals surface area contributed by atoms with Gasteiger partial charge in [0.05, 0.1) is 5.92 Å². The molecule has 2 saturated heterocycles. The number of amides is 5. The van der Waals surface area contributed by atoms with Crippen LogP contribution in [0.1, 0.15) is 80.6 Å². The largest absolute Gasteiger partial charge is 0.362 e. The van der Waals surface area contributed by atoms with E-state index in [0.29, 0.717) is 12.8 Å². The molecule has 0 aromatic carbocycles. The topological polar surface area (TPSA) is 156 Å². The third kappa shape index (κ3) is 7.30. The predicted octanol–water partition coefficient (Wildman–Crippen LogP) is 0.910. The van der Waals surface area contributed by atoms with Gasteiger partial charge in [-0.15, -0.1) is 0 Å². The number of nitrogens with one attached hydrogen (secondary N) is 2. The van der Waals surface area contributed by atoms with E-state index < -0.39 is 71.0 Å². The molecule has 5 amide bonds. The lowest BCUT2D eigenvalue weighted by Gasteiger charge is -2.40. The number of fused-ring (bicyclic) bond motifs is 1. The van der Waals surface area contributed by atoms with Gasteiger partial charge in [-0.25, -0.2) is 0 Å². The van der Waals surface area contributed by atoms with Crippen molar-refractivity contribution in [3.8, 4) is 0 Å². The quantitative estimate of drug-likeness (QED) is 0.413. The summed E-state index contributed by atoms with van der Waals surface area (Å²) < 4.78 is 0. The fraction of sp³-hybridized carbons (Fsp3) is 0.800. The fourth-order valence-corrected chi connectivity index (χ4v) is 5.74. The Balaban J connectivity index is 2.63. The molecule has 0 saturated carbocycles. The minimum absolute atomic E-state index is 0.00276. The molecular formula is C30H51N5O7. The molecule has 12 nitrogen and oxygen atoms in total. The number of carbonyl (C=O) groups is 6. The summed E-state index contributed by atoms with van der Waals surface area (Å²) in [5.41, 5.74) is -2.50. The Morgan fingerprint density at radius 1 is 1.02 bits per heavy atom. The second-order valence-electron chi connectivity index (χ2n) is 12.7. The monoisotopic (exact) mass is 593 g/mol. The summed E-state index contributed by atoms with van der Waals surface area (Å²) in [6, 6.07) is -2.96. The van der Waals surface area contributed by atoms with Gasteiger partial charge in [0.15, 0.2) is 0 Å². The van der Waals surface area contributed by atoms with Gasteiger partial charge in [0.25, 0.3) is 5.91 Å². The Kier molecular flexibility index (Phi) is 12.1. The number of likely N-dealkylation sites (N-methyl/N-ethyl adjacent to an activating group) is 2. The van der Waals surface area contributed by atoms with Gasteiger partial charge in [0, 0.05) is 40.0 Å². The highest BCUT2D eigenvalue weighted by atomic mass is 16.3. The van der Waals surface area contributed by atoms with Crippen molar-refractivity contribution in [3.05, 3.63) is 0 Å². The van der Waals surface area contributed by atoms with Crippen molar-refractivity contribution < 1.29 is 33.9 Å². The van der Waals surface area contributed by atoms with Crippen LogP contribution in [-0.4, -0.2) is 106 Å². The van der Waals surface area contributed by atoms with E-state index in [2.05, 4.69) is 10.6 Å². The van der Waals surface area contributed by atoms with E-state index in [1.807, 2.05) is 20.8 Å². The van der Waals surface area contributed by atoms with Crippen molar-refractivity contribution in [3.63, 3.8) is 0 Å². The third-order valence-corrected chi connectivity index (χ3v) is 8.89. The molecule has 2 rings (SSSR count). The SMILES string of the molecule is CC[C@H](C)[C@@H]1NC(=O)[C@]2(O)C(CCN2C(=O)CCC(C)C)C(=O)CCNC(=O)[C@H](C)N(C)C(=O)[C@H](C(C)C)N(C)C1=O.